The van der Waals surface area contributed by atoms with E-state index in [0.717, 1.165) is 12.0 Å². The van der Waals surface area contributed by atoms with Gasteiger partial charge in [-0.2, -0.15) is 0 Å². The molecule has 2 rings (SSSR count). The minimum Gasteiger partial charge on any atom is -0.496 e. The van der Waals surface area contributed by atoms with Gasteiger partial charge < -0.3 is 10.1 Å². The van der Waals surface area contributed by atoms with Gasteiger partial charge in [0.2, 0.25) is 0 Å². The second kappa shape index (κ2) is 7.12. The molecule has 0 fully saturated rings. The molecule has 0 aliphatic heterocycles. The number of ether oxygens (including phenoxy) is 1. The highest BCUT2D eigenvalue weighted by Crippen LogP contribution is 2.22. The van der Waals surface area contributed by atoms with E-state index in [9.17, 15) is 4.79 Å². The Balaban J connectivity index is 2.22. The zero-order chi connectivity index (χ0) is 16.1. The number of aryl methyl sites for hydroxylation is 2. The van der Waals surface area contributed by atoms with Crippen molar-refractivity contribution in [1.29, 1.82) is 0 Å². The summed E-state index contributed by atoms with van der Waals surface area (Å²) in [5.41, 5.74) is 4.19. The standard InChI is InChI=1S/C19H23NO2/c1-5-17(15-11-10-13(2)14(3)12-15)20-19(21)16-8-6-7-9-18(16)22-4/h6-12,17H,5H2,1-4H3,(H,20,21)/t17-/m1/s1. The van der Waals surface area contributed by atoms with Crippen molar-refractivity contribution in [2.45, 2.75) is 33.2 Å². The lowest BCUT2D eigenvalue weighted by Gasteiger charge is -2.19. The molecule has 0 aromatic heterocycles. The van der Waals surface area contributed by atoms with E-state index in [-0.39, 0.29) is 11.9 Å². The smallest absolute Gasteiger partial charge is 0.255 e. The van der Waals surface area contributed by atoms with Crippen LogP contribution in [0.1, 0.15) is 46.4 Å². The van der Waals surface area contributed by atoms with E-state index >= 15 is 0 Å². The van der Waals surface area contributed by atoms with Crippen LogP contribution in [0, 0.1) is 13.8 Å². The molecule has 0 spiro atoms. The lowest BCUT2D eigenvalue weighted by Crippen LogP contribution is -2.28. The van der Waals surface area contributed by atoms with E-state index in [2.05, 4.69) is 44.3 Å². The topological polar surface area (TPSA) is 38.3 Å². The predicted molar refractivity (Wildman–Crippen MR) is 89.4 cm³/mol. The molecule has 0 unspecified atom stereocenters. The third kappa shape index (κ3) is 3.48. The van der Waals surface area contributed by atoms with Crippen LogP contribution in [0.25, 0.3) is 0 Å². The Morgan fingerprint density at radius 1 is 1.14 bits per heavy atom. The van der Waals surface area contributed by atoms with E-state index in [1.807, 2.05) is 12.1 Å². The van der Waals surface area contributed by atoms with Crippen LogP contribution in [0.2, 0.25) is 0 Å². The third-order valence-corrected chi connectivity index (χ3v) is 4.00. The molecule has 0 heterocycles. The fourth-order valence-electron chi connectivity index (χ4n) is 2.47. The molecule has 0 aliphatic rings. The molecule has 0 radical (unpaired) electrons. The molecule has 2 aromatic rings. The van der Waals surface area contributed by atoms with Gasteiger partial charge in [-0.25, -0.2) is 0 Å². The first-order valence-corrected chi connectivity index (χ1v) is 7.57. The van der Waals surface area contributed by atoms with Gasteiger partial charge in [-0.3, -0.25) is 4.79 Å². The third-order valence-electron chi connectivity index (χ3n) is 4.00. The lowest BCUT2D eigenvalue weighted by molar-refractivity contribution is 0.0932. The summed E-state index contributed by atoms with van der Waals surface area (Å²) in [6.45, 7) is 6.25. The molecule has 2 aromatic carbocycles. The minimum atomic E-state index is -0.109. The van der Waals surface area contributed by atoms with E-state index in [1.54, 1.807) is 19.2 Å². The SMILES string of the molecule is CC[C@@H](NC(=O)c1ccccc1OC)c1ccc(C)c(C)c1. The first-order valence-electron chi connectivity index (χ1n) is 7.57. The van der Waals surface area contributed by atoms with Crippen LogP contribution in [0.15, 0.2) is 42.5 Å². The van der Waals surface area contributed by atoms with Crippen molar-refractivity contribution in [3.63, 3.8) is 0 Å². The minimum absolute atomic E-state index is 0.00304. The maximum Gasteiger partial charge on any atom is 0.255 e. The molecule has 22 heavy (non-hydrogen) atoms. The van der Waals surface area contributed by atoms with E-state index < -0.39 is 0 Å². The predicted octanol–water partition coefficient (Wildman–Crippen LogP) is 4.19. The number of carbonyl (C=O) groups excluding carboxylic acids is 1. The molecular weight excluding hydrogens is 274 g/mol. The summed E-state index contributed by atoms with van der Waals surface area (Å²) in [6.07, 6.45) is 0.837. The zero-order valence-electron chi connectivity index (χ0n) is 13.6. The van der Waals surface area contributed by atoms with E-state index in [0.29, 0.717) is 11.3 Å². The molecule has 1 amide bonds. The number of carbonyl (C=O) groups is 1. The molecule has 0 saturated carbocycles. The molecule has 3 nitrogen and oxygen atoms in total. The summed E-state index contributed by atoms with van der Waals surface area (Å²) < 4.78 is 5.26. The zero-order valence-corrected chi connectivity index (χ0v) is 13.6. The molecule has 1 atom stereocenters. The highest BCUT2D eigenvalue weighted by atomic mass is 16.5. The molecule has 3 heteroatoms. The number of para-hydroxylation sites is 1. The van der Waals surface area contributed by atoms with Gasteiger partial charge in [0.15, 0.2) is 0 Å². The fraction of sp³-hybridized carbons (Fsp3) is 0.316. The number of methoxy groups -OCH3 is 1. The Kier molecular flexibility index (Phi) is 5.21. The normalized spacial score (nSPS) is 11.8. The average molecular weight is 297 g/mol. The Morgan fingerprint density at radius 2 is 1.86 bits per heavy atom. The van der Waals surface area contributed by atoms with Gasteiger partial charge in [-0.1, -0.05) is 37.3 Å². The van der Waals surface area contributed by atoms with Crippen molar-refractivity contribution in [2.24, 2.45) is 0 Å². The van der Waals surface area contributed by atoms with Crippen LogP contribution >= 0.6 is 0 Å². The summed E-state index contributed by atoms with van der Waals surface area (Å²) in [4.78, 5) is 12.5. The van der Waals surface area contributed by atoms with E-state index in [1.165, 1.54) is 11.1 Å². The second-order valence-electron chi connectivity index (χ2n) is 5.48. The van der Waals surface area contributed by atoms with Crippen LogP contribution in [-0.2, 0) is 0 Å². The van der Waals surface area contributed by atoms with Gasteiger partial charge in [0, 0.05) is 0 Å². The van der Waals surface area contributed by atoms with Gasteiger partial charge in [-0.15, -0.1) is 0 Å². The van der Waals surface area contributed by atoms with Gasteiger partial charge >= 0.3 is 0 Å². The van der Waals surface area contributed by atoms with Crippen LogP contribution in [0.3, 0.4) is 0 Å². The molecule has 0 aliphatic carbocycles. The van der Waals surface area contributed by atoms with Crippen LogP contribution in [0.5, 0.6) is 5.75 Å². The van der Waals surface area contributed by atoms with Crippen LogP contribution in [-0.4, -0.2) is 13.0 Å². The number of rotatable bonds is 5. The quantitative estimate of drug-likeness (QED) is 0.898. The lowest BCUT2D eigenvalue weighted by atomic mass is 9.99. The summed E-state index contributed by atoms with van der Waals surface area (Å²) in [7, 11) is 1.58. The van der Waals surface area contributed by atoms with Crippen molar-refractivity contribution >= 4 is 5.91 Å². The number of benzene rings is 2. The second-order valence-corrected chi connectivity index (χ2v) is 5.48. The number of amides is 1. The molecule has 1 N–H and O–H groups in total. The maximum atomic E-state index is 12.5. The monoisotopic (exact) mass is 297 g/mol. The van der Waals surface area contributed by atoms with Crippen molar-refractivity contribution in [3.8, 4) is 5.75 Å². The first kappa shape index (κ1) is 16.1. The number of nitrogens with one attached hydrogen (secondary N) is 1. The number of hydrogen-bond donors (Lipinski definition) is 1. The summed E-state index contributed by atoms with van der Waals surface area (Å²) >= 11 is 0. The Labute approximate surface area is 132 Å². The number of hydrogen-bond acceptors (Lipinski definition) is 2. The van der Waals surface area contributed by atoms with Crippen molar-refractivity contribution in [2.75, 3.05) is 7.11 Å². The largest absolute Gasteiger partial charge is 0.496 e. The molecule has 0 saturated heterocycles. The van der Waals surface area contributed by atoms with Crippen molar-refractivity contribution in [1.82, 2.24) is 5.32 Å². The molecule has 0 bridgehead atoms. The van der Waals surface area contributed by atoms with Crippen LogP contribution < -0.4 is 10.1 Å². The maximum absolute atomic E-state index is 12.5. The molecular formula is C19H23NO2. The average Bonchev–Trinajstić information content (AvgIpc) is 2.55. The van der Waals surface area contributed by atoms with Gasteiger partial charge in [0.25, 0.3) is 5.91 Å². The molecule has 116 valence electrons. The first-order chi connectivity index (χ1) is 10.6. The van der Waals surface area contributed by atoms with Crippen molar-refractivity contribution in [3.05, 3.63) is 64.7 Å². The fourth-order valence-corrected chi connectivity index (χ4v) is 2.47. The Hall–Kier alpha value is -2.29. The summed E-state index contributed by atoms with van der Waals surface area (Å²) in [5.74, 6) is 0.484. The Bertz CT molecular complexity index is 664. The van der Waals surface area contributed by atoms with Gasteiger partial charge in [0.05, 0.1) is 18.7 Å². The van der Waals surface area contributed by atoms with Gasteiger partial charge in [0.1, 0.15) is 5.75 Å². The van der Waals surface area contributed by atoms with E-state index in [4.69, 9.17) is 4.74 Å². The Morgan fingerprint density at radius 3 is 2.50 bits per heavy atom. The summed E-state index contributed by atoms with van der Waals surface area (Å²) in [6, 6.07) is 13.6. The van der Waals surface area contributed by atoms with Crippen LogP contribution in [0.4, 0.5) is 0 Å². The highest BCUT2D eigenvalue weighted by molar-refractivity contribution is 5.97. The summed E-state index contributed by atoms with van der Waals surface area (Å²) in [5, 5.41) is 3.10. The van der Waals surface area contributed by atoms with Crippen molar-refractivity contribution < 1.29 is 9.53 Å². The highest BCUT2D eigenvalue weighted by Gasteiger charge is 2.17. The van der Waals surface area contributed by atoms with Gasteiger partial charge in [-0.05, 0) is 49.1 Å².